The molecule has 2 atom stereocenters. The standard InChI is InChI=1S/C23H36OSi.C21H30OSi.C14H16O/c1-9-19(8)20-10-11-22-15-23(13-12-21(22)14-20)24-25(16(2)3,17(4)5)18(6)7;1-8-18-9-10-20-14-21(12-11-19(20)13-18)22-23(15(2)3,16(4)5)17(6)7;1-3-10(2)11-4-5-13-9-14(15)7-6-12(13)8-11/h10-19H,9H2,1-8H3;8-17H,1H2,2-7H3;4-10,15H,3H2,1-2H3. The average Bonchev–Trinajstić information content (AvgIpc) is 3.25. The van der Waals surface area contributed by atoms with Gasteiger partial charge in [-0.2, -0.15) is 0 Å². The zero-order valence-corrected chi connectivity index (χ0v) is 44.0. The first kappa shape index (κ1) is 51.3. The minimum absolute atomic E-state index is 0.332. The number of rotatable bonds is 15. The molecule has 0 aliphatic heterocycles. The van der Waals surface area contributed by atoms with E-state index in [1.54, 1.807) is 12.1 Å². The fourth-order valence-electron chi connectivity index (χ4n) is 10.2. The molecule has 1 N–H and O–H groups in total. The third-order valence-electron chi connectivity index (χ3n) is 14.1. The molecule has 63 heavy (non-hydrogen) atoms. The molecule has 0 aromatic heterocycles. The quantitative estimate of drug-likeness (QED) is 0.104. The highest BCUT2D eigenvalue weighted by Gasteiger charge is 2.48. The number of phenolic OH excluding ortho intramolecular Hbond substituents is 1. The van der Waals surface area contributed by atoms with E-state index in [9.17, 15) is 5.11 Å². The summed E-state index contributed by atoms with van der Waals surface area (Å²) in [5.74, 6) is 3.61. The number of hydrogen-bond donors (Lipinski definition) is 1. The molecule has 0 saturated heterocycles. The molecular formula is C58H82O3Si2. The van der Waals surface area contributed by atoms with Crippen molar-refractivity contribution in [2.24, 2.45) is 0 Å². The van der Waals surface area contributed by atoms with Crippen molar-refractivity contribution in [3.05, 3.63) is 132 Å². The van der Waals surface area contributed by atoms with Crippen LogP contribution < -0.4 is 8.85 Å². The van der Waals surface area contributed by atoms with Crippen LogP contribution in [0.4, 0.5) is 0 Å². The van der Waals surface area contributed by atoms with Crippen molar-refractivity contribution < 1.29 is 14.0 Å². The summed E-state index contributed by atoms with van der Waals surface area (Å²) in [4.78, 5) is 0. The maximum Gasteiger partial charge on any atom is 0.258 e. The summed E-state index contributed by atoms with van der Waals surface area (Å²) < 4.78 is 13.6. The number of benzene rings is 6. The van der Waals surface area contributed by atoms with Crippen LogP contribution in [-0.4, -0.2) is 21.7 Å². The van der Waals surface area contributed by atoms with Gasteiger partial charge in [-0.15, -0.1) is 0 Å². The minimum atomic E-state index is -1.89. The average molecular weight is 883 g/mol. The lowest BCUT2D eigenvalue weighted by Gasteiger charge is -2.42. The summed E-state index contributed by atoms with van der Waals surface area (Å²) >= 11 is 0. The largest absolute Gasteiger partial charge is 0.543 e. The van der Waals surface area contributed by atoms with Crippen LogP contribution in [0.3, 0.4) is 0 Å². The van der Waals surface area contributed by atoms with Crippen LogP contribution in [0.15, 0.2) is 116 Å². The Kier molecular flexibility index (Phi) is 18.4. The number of hydrogen-bond acceptors (Lipinski definition) is 3. The summed E-state index contributed by atoms with van der Waals surface area (Å²) in [5.41, 5.74) is 7.49. The van der Waals surface area contributed by atoms with Crippen molar-refractivity contribution in [3.63, 3.8) is 0 Å². The Bertz CT molecular complexity index is 2350. The molecule has 0 aliphatic carbocycles. The summed E-state index contributed by atoms with van der Waals surface area (Å²) in [6.45, 7) is 40.8. The zero-order valence-electron chi connectivity index (χ0n) is 42.0. The molecule has 6 aromatic rings. The fourth-order valence-corrected chi connectivity index (χ4v) is 20.7. The smallest absolute Gasteiger partial charge is 0.258 e. The van der Waals surface area contributed by atoms with E-state index in [-0.39, 0.29) is 0 Å². The summed E-state index contributed by atoms with van der Waals surface area (Å²) in [5, 5.41) is 16.7. The lowest BCUT2D eigenvalue weighted by Crippen LogP contribution is -2.50. The molecule has 0 heterocycles. The second kappa shape index (κ2) is 22.5. The van der Waals surface area contributed by atoms with Gasteiger partial charge in [0.05, 0.1) is 0 Å². The molecule has 0 radical (unpaired) electrons. The Morgan fingerprint density at radius 3 is 1.11 bits per heavy atom. The first-order chi connectivity index (χ1) is 29.7. The van der Waals surface area contributed by atoms with E-state index in [0.29, 0.717) is 50.8 Å². The van der Waals surface area contributed by atoms with Gasteiger partial charge in [0.2, 0.25) is 0 Å². The van der Waals surface area contributed by atoms with E-state index in [2.05, 4.69) is 208 Å². The lowest BCUT2D eigenvalue weighted by atomic mass is 9.96. The van der Waals surface area contributed by atoms with Gasteiger partial charge < -0.3 is 14.0 Å². The molecule has 6 aromatic carbocycles. The second-order valence-corrected chi connectivity index (χ2v) is 30.7. The van der Waals surface area contributed by atoms with Crippen LogP contribution in [0.1, 0.15) is 152 Å². The SMILES string of the molecule is C=Cc1ccc2cc(O[Si](C(C)C)(C(C)C)C(C)C)ccc2c1.CCC(C)c1ccc2cc(O)ccc2c1.CCC(C)c1ccc2cc(O[Si](C(C)C)(C(C)C)C(C)C)ccc2c1. The van der Waals surface area contributed by atoms with Crippen LogP contribution in [0.2, 0.25) is 33.2 Å². The fraction of sp³-hybridized carbons (Fsp3) is 0.448. The van der Waals surface area contributed by atoms with E-state index in [1.165, 1.54) is 44.5 Å². The van der Waals surface area contributed by atoms with Crippen molar-refractivity contribution in [2.45, 2.75) is 169 Å². The normalized spacial score (nSPS) is 13.1. The first-order valence-electron chi connectivity index (χ1n) is 24.0. The zero-order chi connectivity index (χ0) is 46.8. The van der Waals surface area contributed by atoms with Gasteiger partial charge in [-0.05, 0) is 149 Å². The van der Waals surface area contributed by atoms with E-state index < -0.39 is 16.6 Å². The van der Waals surface area contributed by atoms with Crippen LogP contribution in [0.25, 0.3) is 38.4 Å². The van der Waals surface area contributed by atoms with Gasteiger partial charge in [0.25, 0.3) is 16.6 Å². The van der Waals surface area contributed by atoms with Gasteiger partial charge in [-0.25, -0.2) is 0 Å². The van der Waals surface area contributed by atoms with Gasteiger partial charge >= 0.3 is 0 Å². The number of fused-ring (bicyclic) bond motifs is 3. The maximum atomic E-state index is 9.35. The van der Waals surface area contributed by atoms with Gasteiger partial charge in [0, 0.05) is 0 Å². The predicted octanol–water partition coefficient (Wildman–Crippen LogP) is 19.0. The Morgan fingerprint density at radius 1 is 0.429 bits per heavy atom. The molecule has 0 aliphatic rings. The number of phenols is 1. The molecule has 3 nitrogen and oxygen atoms in total. The van der Waals surface area contributed by atoms with Crippen molar-refractivity contribution >= 4 is 55.0 Å². The van der Waals surface area contributed by atoms with Crippen molar-refractivity contribution in [1.82, 2.24) is 0 Å². The number of aromatic hydroxyl groups is 1. The van der Waals surface area contributed by atoms with E-state index >= 15 is 0 Å². The van der Waals surface area contributed by atoms with E-state index in [0.717, 1.165) is 28.9 Å². The highest BCUT2D eigenvalue weighted by molar-refractivity contribution is 6.78. The molecule has 0 spiro atoms. The topological polar surface area (TPSA) is 38.7 Å². The van der Waals surface area contributed by atoms with Crippen molar-refractivity contribution in [1.29, 1.82) is 0 Å². The first-order valence-corrected chi connectivity index (χ1v) is 28.3. The minimum Gasteiger partial charge on any atom is -0.543 e. The highest BCUT2D eigenvalue weighted by atomic mass is 28.4. The lowest BCUT2D eigenvalue weighted by molar-refractivity contribution is 0.476. The molecular weight excluding hydrogens is 801 g/mol. The summed E-state index contributed by atoms with van der Waals surface area (Å²) in [6.07, 6.45) is 4.22. The second-order valence-electron chi connectivity index (χ2n) is 20.0. The van der Waals surface area contributed by atoms with Crippen LogP contribution in [0, 0.1) is 0 Å². The maximum absolute atomic E-state index is 9.35. The molecule has 0 saturated carbocycles. The van der Waals surface area contributed by atoms with Gasteiger partial charge in [-0.1, -0.05) is 190 Å². The molecule has 340 valence electrons. The molecule has 0 amide bonds. The molecule has 2 unspecified atom stereocenters. The predicted molar refractivity (Wildman–Crippen MR) is 284 cm³/mol. The van der Waals surface area contributed by atoms with Crippen LogP contribution >= 0.6 is 0 Å². The van der Waals surface area contributed by atoms with Crippen molar-refractivity contribution in [2.75, 3.05) is 0 Å². The van der Waals surface area contributed by atoms with Gasteiger partial charge in [0.15, 0.2) is 0 Å². The Morgan fingerprint density at radius 2 is 0.746 bits per heavy atom. The van der Waals surface area contributed by atoms with Gasteiger partial charge in [0.1, 0.15) is 17.2 Å². The van der Waals surface area contributed by atoms with Gasteiger partial charge in [-0.3, -0.25) is 0 Å². The van der Waals surface area contributed by atoms with Crippen LogP contribution in [-0.2, 0) is 0 Å². The highest BCUT2D eigenvalue weighted by Crippen LogP contribution is 2.44. The summed E-state index contributed by atoms with van der Waals surface area (Å²) in [7, 11) is -3.78. The van der Waals surface area contributed by atoms with Crippen LogP contribution in [0.5, 0.6) is 17.2 Å². The van der Waals surface area contributed by atoms with E-state index in [1.807, 2.05) is 12.1 Å². The third-order valence-corrected chi connectivity index (χ3v) is 26.1. The molecule has 0 bridgehead atoms. The van der Waals surface area contributed by atoms with Crippen molar-refractivity contribution in [3.8, 4) is 17.2 Å². The van der Waals surface area contributed by atoms with E-state index in [4.69, 9.17) is 8.85 Å². The monoisotopic (exact) mass is 883 g/mol. The Labute approximate surface area is 385 Å². The third kappa shape index (κ3) is 12.1. The Balaban J connectivity index is 0.000000214. The summed E-state index contributed by atoms with van der Waals surface area (Å²) in [6, 6.07) is 38.4. The molecule has 5 heteroatoms. The molecule has 0 fully saturated rings. The molecule has 6 rings (SSSR count). The Hall–Kier alpha value is -4.33.